The molecule has 0 aromatic heterocycles. The molecule has 0 bridgehead atoms. The number of nitrogens with zero attached hydrogens (tertiary/aromatic N) is 1. The quantitative estimate of drug-likeness (QED) is 0.490. The maximum Gasteiger partial charge on any atom is 0.00557 e. The summed E-state index contributed by atoms with van der Waals surface area (Å²) in [6.07, 6.45) is 3.85. The minimum absolute atomic E-state index is 1.19. The normalized spacial score (nSPS) is 11.1. The van der Waals surface area contributed by atoms with E-state index in [2.05, 4.69) is 6.58 Å². The minimum atomic E-state index is 1.19. The fourth-order valence-corrected chi connectivity index (χ4v) is 0.460. The Balaban J connectivity index is 3.74. The molecule has 0 rings (SSSR count). The molecule has 0 aromatic rings. The highest BCUT2D eigenvalue weighted by Crippen LogP contribution is 1.92. The first-order valence-corrected chi connectivity index (χ1v) is 2.64. The lowest BCUT2D eigenvalue weighted by atomic mass is 10.3. The third-order valence-corrected chi connectivity index (χ3v) is 0.784. The average molecular weight is 111 g/mol. The number of hydrogen-bond acceptors (Lipinski definition) is 1. The van der Waals surface area contributed by atoms with Crippen LogP contribution in [0.2, 0.25) is 0 Å². The highest BCUT2D eigenvalue weighted by molar-refractivity contribution is 5.11. The molecule has 0 atom stereocenters. The van der Waals surface area contributed by atoms with Crippen LogP contribution in [0.1, 0.15) is 6.92 Å². The van der Waals surface area contributed by atoms with E-state index in [4.69, 9.17) is 0 Å². The van der Waals surface area contributed by atoms with Gasteiger partial charge in [0.05, 0.1) is 0 Å². The van der Waals surface area contributed by atoms with Gasteiger partial charge in [0.1, 0.15) is 0 Å². The monoisotopic (exact) mass is 111 g/mol. The van der Waals surface area contributed by atoms with Crippen LogP contribution < -0.4 is 0 Å². The Morgan fingerprint density at radius 2 is 2.00 bits per heavy atom. The van der Waals surface area contributed by atoms with Gasteiger partial charge in [-0.25, -0.2) is 0 Å². The van der Waals surface area contributed by atoms with Gasteiger partial charge >= 0.3 is 0 Å². The summed E-state index contributed by atoms with van der Waals surface area (Å²) in [5, 5.41) is 0. The molecular formula is C7H13N. The summed E-state index contributed by atoms with van der Waals surface area (Å²) in [6, 6.07) is 0. The SMILES string of the molecule is C=C/C(C)=C/N(C)C. The predicted molar refractivity (Wildman–Crippen MR) is 37.6 cm³/mol. The minimum Gasteiger partial charge on any atom is -0.383 e. The molecular weight excluding hydrogens is 98.1 g/mol. The first-order chi connectivity index (χ1) is 3.66. The van der Waals surface area contributed by atoms with Gasteiger partial charge in [0.2, 0.25) is 0 Å². The molecule has 0 amide bonds. The molecule has 0 aromatic carbocycles. The van der Waals surface area contributed by atoms with Crippen LogP contribution in [0, 0.1) is 0 Å². The topological polar surface area (TPSA) is 3.24 Å². The molecule has 0 aliphatic carbocycles. The van der Waals surface area contributed by atoms with E-state index in [-0.39, 0.29) is 0 Å². The van der Waals surface area contributed by atoms with Crippen LogP contribution in [0.15, 0.2) is 24.4 Å². The Morgan fingerprint density at radius 3 is 2.12 bits per heavy atom. The second-order valence-corrected chi connectivity index (χ2v) is 2.04. The van der Waals surface area contributed by atoms with Crippen molar-refractivity contribution in [3.8, 4) is 0 Å². The van der Waals surface area contributed by atoms with Crippen LogP contribution in [-0.2, 0) is 0 Å². The molecule has 0 fully saturated rings. The zero-order valence-electron chi connectivity index (χ0n) is 5.81. The maximum atomic E-state index is 3.62. The lowest BCUT2D eigenvalue weighted by molar-refractivity contribution is 0.560. The Kier molecular flexibility index (Phi) is 3.01. The summed E-state index contributed by atoms with van der Waals surface area (Å²) in [6.45, 7) is 5.64. The van der Waals surface area contributed by atoms with Crippen molar-refractivity contribution in [2.24, 2.45) is 0 Å². The first kappa shape index (κ1) is 7.28. The predicted octanol–water partition coefficient (Wildman–Crippen LogP) is 1.64. The van der Waals surface area contributed by atoms with E-state index in [9.17, 15) is 0 Å². The first-order valence-electron chi connectivity index (χ1n) is 2.64. The largest absolute Gasteiger partial charge is 0.383 e. The smallest absolute Gasteiger partial charge is 0.00557 e. The van der Waals surface area contributed by atoms with Crippen molar-refractivity contribution in [1.82, 2.24) is 4.90 Å². The molecule has 0 aliphatic heterocycles. The fourth-order valence-electron chi connectivity index (χ4n) is 0.460. The molecule has 0 radical (unpaired) electrons. The van der Waals surface area contributed by atoms with E-state index in [0.29, 0.717) is 0 Å². The average Bonchev–Trinajstić information content (AvgIpc) is 1.65. The molecule has 0 N–H and O–H groups in total. The summed E-state index contributed by atoms with van der Waals surface area (Å²) in [5.41, 5.74) is 1.19. The molecule has 46 valence electrons. The molecule has 0 aliphatic rings. The van der Waals surface area contributed by atoms with Gasteiger partial charge in [-0.2, -0.15) is 0 Å². The summed E-state index contributed by atoms with van der Waals surface area (Å²) < 4.78 is 0. The van der Waals surface area contributed by atoms with Crippen LogP contribution in [0.3, 0.4) is 0 Å². The molecule has 0 saturated heterocycles. The van der Waals surface area contributed by atoms with Crippen LogP contribution in [0.25, 0.3) is 0 Å². The van der Waals surface area contributed by atoms with Gasteiger partial charge in [0, 0.05) is 20.3 Å². The second-order valence-electron chi connectivity index (χ2n) is 2.04. The Hall–Kier alpha value is -0.720. The molecule has 0 spiro atoms. The lowest BCUT2D eigenvalue weighted by Crippen LogP contribution is -2.00. The van der Waals surface area contributed by atoms with Gasteiger partial charge in [0.25, 0.3) is 0 Å². The van der Waals surface area contributed by atoms with E-state index in [1.54, 1.807) is 0 Å². The van der Waals surface area contributed by atoms with Crippen molar-refractivity contribution in [2.45, 2.75) is 6.92 Å². The second kappa shape index (κ2) is 3.30. The highest BCUT2D eigenvalue weighted by atomic mass is 15.0. The Morgan fingerprint density at radius 1 is 1.50 bits per heavy atom. The Labute approximate surface area is 51.3 Å². The molecule has 8 heavy (non-hydrogen) atoms. The van der Waals surface area contributed by atoms with Gasteiger partial charge in [-0.1, -0.05) is 12.7 Å². The summed E-state index contributed by atoms with van der Waals surface area (Å²) in [5.74, 6) is 0. The summed E-state index contributed by atoms with van der Waals surface area (Å²) >= 11 is 0. The van der Waals surface area contributed by atoms with Crippen LogP contribution in [0.5, 0.6) is 0 Å². The van der Waals surface area contributed by atoms with E-state index < -0.39 is 0 Å². The maximum absolute atomic E-state index is 3.62. The third kappa shape index (κ3) is 3.47. The van der Waals surface area contributed by atoms with Crippen LogP contribution in [0.4, 0.5) is 0 Å². The highest BCUT2D eigenvalue weighted by Gasteiger charge is 1.78. The molecule has 0 heterocycles. The van der Waals surface area contributed by atoms with Crippen molar-refractivity contribution in [2.75, 3.05) is 14.1 Å². The zero-order valence-corrected chi connectivity index (χ0v) is 5.81. The number of hydrogen-bond donors (Lipinski definition) is 0. The molecule has 0 saturated carbocycles. The standard InChI is InChI=1S/C7H13N/c1-5-7(2)6-8(3)4/h5-6H,1H2,2-4H3/b7-6+. The van der Waals surface area contributed by atoms with Crippen molar-refractivity contribution >= 4 is 0 Å². The van der Waals surface area contributed by atoms with Gasteiger partial charge < -0.3 is 4.90 Å². The zero-order chi connectivity index (χ0) is 6.57. The van der Waals surface area contributed by atoms with Crippen LogP contribution >= 0.6 is 0 Å². The van der Waals surface area contributed by atoms with Crippen molar-refractivity contribution < 1.29 is 0 Å². The third-order valence-electron chi connectivity index (χ3n) is 0.784. The van der Waals surface area contributed by atoms with E-state index in [1.807, 2.05) is 38.2 Å². The van der Waals surface area contributed by atoms with E-state index >= 15 is 0 Å². The van der Waals surface area contributed by atoms with Crippen molar-refractivity contribution in [3.05, 3.63) is 24.4 Å². The van der Waals surface area contributed by atoms with E-state index in [1.165, 1.54) is 5.57 Å². The van der Waals surface area contributed by atoms with Gasteiger partial charge in [-0.3, -0.25) is 0 Å². The Bertz CT molecular complexity index is 101. The molecule has 1 nitrogen and oxygen atoms in total. The molecule has 0 unspecified atom stereocenters. The van der Waals surface area contributed by atoms with Gasteiger partial charge in [-0.15, -0.1) is 0 Å². The lowest BCUT2D eigenvalue weighted by Gasteiger charge is -2.03. The number of rotatable bonds is 2. The van der Waals surface area contributed by atoms with E-state index in [0.717, 1.165) is 0 Å². The number of allylic oxidation sites excluding steroid dienone is 2. The summed E-state index contributed by atoms with van der Waals surface area (Å²) in [4.78, 5) is 2.00. The van der Waals surface area contributed by atoms with Gasteiger partial charge in [0.15, 0.2) is 0 Å². The van der Waals surface area contributed by atoms with Gasteiger partial charge in [-0.05, 0) is 12.5 Å². The van der Waals surface area contributed by atoms with Crippen LogP contribution in [-0.4, -0.2) is 19.0 Å². The fraction of sp³-hybridized carbons (Fsp3) is 0.429. The van der Waals surface area contributed by atoms with Crippen molar-refractivity contribution in [1.29, 1.82) is 0 Å². The molecule has 1 heteroatoms. The summed E-state index contributed by atoms with van der Waals surface area (Å²) in [7, 11) is 3.99. The van der Waals surface area contributed by atoms with Crippen molar-refractivity contribution in [3.63, 3.8) is 0 Å².